The van der Waals surface area contributed by atoms with Crippen molar-refractivity contribution in [3.8, 4) is 5.75 Å². The first kappa shape index (κ1) is 14.0. The third-order valence-electron chi connectivity index (χ3n) is 3.30. The van der Waals surface area contributed by atoms with E-state index in [0.29, 0.717) is 24.1 Å². The van der Waals surface area contributed by atoms with Crippen molar-refractivity contribution in [3.05, 3.63) is 17.9 Å². The van der Waals surface area contributed by atoms with Crippen molar-refractivity contribution in [2.45, 2.75) is 45.6 Å². The Labute approximate surface area is 114 Å². The maximum atomic E-state index is 13.8. The van der Waals surface area contributed by atoms with Crippen LogP contribution in [0.25, 0.3) is 0 Å². The molecule has 2 N–H and O–H groups in total. The van der Waals surface area contributed by atoms with Crippen LogP contribution in [0.15, 0.2) is 12.1 Å². The molecule has 1 aromatic carbocycles. The van der Waals surface area contributed by atoms with Crippen LogP contribution >= 0.6 is 0 Å². The molecule has 1 aromatic rings. The van der Waals surface area contributed by atoms with Crippen LogP contribution in [0.4, 0.5) is 15.8 Å². The molecule has 0 heterocycles. The normalized spacial score (nSPS) is 14.5. The Morgan fingerprint density at radius 3 is 2.63 bits per heavy atom. The van der Waals surface area contributed by atoms with Gasteiger partial charge in [0.1, 0.15) is 0 Å². The maximum absolute atomic E-state index is 13.8. The number of nitrogens with two attached hydrogens (primary N) is 1. The molecule has 19 heavy (non-hydrogen) atoms. The van der Waals surface area contributed by atoms with Crippen molar-refractivity contribution in [3.63, 3.8) is 0 Å². The van der Waals surface area contributed by atoms with E-state index in [1.165, 1.54) is 18.9 Å². The molecule has 0 radical (unpaired) electrons. The van der Waals surface area contributed by atoms with Crippen LogP contribution in [0.3, 0.4) is 0 Å². The second-order valence-electron chi connectivity index (χ2n) is 5.11. The highest BCUT2D eigenvalue weighted by atomic mass is 19.1. The highest BCUT2D eigenvalue weighted by Gasteiger charge is 2.30. The number of nitrogens with zero attached hydrogens (tertiary/aromatic N) is 1. The van der Waals surface area contributed by atoms with Crippen LogP contribution in [0.2, 0.25) is 0 Å². The summed E-state index contributed by atoms with van der Waals surface area (Å²) in [5.41, 5.74) is 7.39. The monoisotopic (exact) mass is 266 g/mol. The maximum Gasteiger partial charge on any atom is 0.167 e. The van der Waals surface area contributed by atoms with Gasteiger partial charge in [-0.05, 0) is 25.7 Å². The topological polar surface area (TPSA) is 38.5 Å². The number of nitrogen functional groups attached to an aromatic ring is 1. The summed E-state index contributed by atoms with van der Waals surface area (Å²) in [7, 11) is 0. The minimum atomic E-state index is -0.373. The van der Waals surface area contributed by atoms with Crippen molar-refractivity contribution in [2.75, 3.05) is 23.8 Å². The van der Waals surface area contributed by atoms with Gasteiger partial charge in [-0.3, -0.25) is 0 Å². The van der Waals surface area contributed by atoms with Crippen molar-refractivity contribution in [1.29, 1.82) is 0 Å². The van der Waals surface area contributed by atoms with Crippen LogP contribution in [0, 0.1) is 5.82 Å². The number of rotatable bonds is 7. The first-order chi connectivity index (χ1) is 9.17. The Morgan fingerprint density at radius 1 is 1.32 bits per heavy atom. The molecule has 0 amide bonds. The van der Waals surface area contributed by atoms with E-state index in [1.54, 1.807) is 6.07 Å². The summed E-state index contributed by atoms with van der Waals surface area (Å²) in [5, 5.41) is 0. The molecule has 0 aliphatic heterocycles. The Morgan fingerprint density at radius 2 is 2.05 bits per heavy atom. The van der Waals surface area contributed by atoms with E-state index in [1.807, 2.05) is 6.92 Å². The van der Waals surface area contributed by atoms with Gasteiger partial charge in [0.25, 0.3) is 0 Å². The number of hydrogen-bond donors (Lipinski definition) is 1. The SMILES string of the molecule is CCCOc1cc(N(CCC)C2CC2)c(N)cc1F. The molecule has 1 aliphatic carbocycles. The van der Waals surface area contributed by atoms with E-state index in [9.17, 15) is 4.39 Å². The lowest BCUT2D eigenvalue weighted by atomic mass is 10.2. The minimum Gasteiger partial charge on any atom is -0.490 e. The first-order valence-corrected chi connectivity index (χ1v) is 7.15. The molecule has 1 saturated carbocycles. The lowest BCUT2D eigenvalue weighted by molar-refractivity contribution is 0.301. The summed E-state index contributed by atoms with van der Waals surface area (Å²) in [5.74, 6) is -0.0604. The fourth-order valence-electron chi connectivity index (χ4n) is 2.26. The zero-order chi connectivity index (χ0) is 13.8. The Bertz CT molecular complexity index is 432. The van der Waals surface area contributed by atoms with E-state index in [2.05, 4.69) is 11.8 Å². The second kappa shape index (κ2) is 6.13. The van der Waals surface area contributed by atoms with E-state index >= 15 is 0 Å². The molecule has 1 fully saturated rings. The zero-order valence-electron chi connectivity index (χ0n) is 11.8. The number of halogens is 1. The van der Waals surface area contributed by atoms with Gasteiger partial charge in [-0.2, -0.15) is 0 Å². The molecule has 0 atom stereocenters. The molecule has 0 saturated heterocycles. The Balaban J connectivity index is 2.26. The standard InChI is InChI=1S/C15H23FN2O/c1-3-7-18(11-5-6-11)14-10-15(19-8-4-2)12(16)9-13(14)17/h9-11H,3-8,17H2,1-2H3. The molecule has 0 aromatic heterocycles. The third-order valence-corrected chi connectivity index (χ3v) is 3.30. The summed E-state index contributed by atoms with van der Waals surface area (Å²) in [6, 6.07) is 3.70. The van der Waals surface area contributed by atoms with Crippen molar-refractivity contribution >= 4 is 11.4 Å². The van der Waals surface area contributed by atoms with Gasteiger partial charge in [0.05, 0.1) is 18.0 Å². The molecule has 0 unspecified atom stereocenters. The van der Waals surface area contributed by atoms with Crippen LogP contribution < -0.4 is 15.4 Å². The van der Waals surface area contributed by atoms with Gasteiger partial charge >= 0.3 is 0 Å². The number of hydrogen-bond acceptors (Lipinski definition) is 3. The zero-order valence-corrected chi connectivity index (χ0v) is 11.8. The summed E-state index contributed by atoms with van der Waals surface area (Å²) in [6.45, 7) is 5.62. The molecule has 2 rings (SSSR count). The molecule has 4 heteroatoms. The lowest BCUT2D eigenvalue weighted by Gasteiger charge is -2.26. The second-order valence-corrected chi connectivity index (χ2v) is 5.11. The van der Waals surface area contributed by atoms with Gasteiger partial charge in [-0.25, -0.2) is 4.39 Å². The van der Waals surface area contributed by atoms with Crippen molar-refractivity contribution in [2.24, 2.45) is 0 Å². The van der Waals surface area contributed by atoms with Gasteiger partial charge in [-0.1, -0.05) is 13.8 Å². The summed E-state index contributed by atoms with van der Waals surface area (Å²) in [4.78, 5) is 2.29. The highest BCUT2D eigenvalue weighted by molar-refractivity contribution is 5.71. The average molecular weight is 266 g/mol. The van der Waals surface area contributed by atoms with Crippen LogP contribution in [0.1, 0.15) is 39.5 Å². The van der Waals surface area contributed by atoms with E-state index in [0.717, 1.165) is 25.1 Å². The van der Waals surface area contributed by atoms with Crippen LogP contribution in [-0.2, 0) is 0 Å². The van der Waals surface area contributed by atoms with E-state index < -0.39 is 0 Å². The predicted molar refractivity (Wildman–Crippen MR) is 77.3 cm³/mol. The number of anilines is 2. The third kappa shape index (κ3) is 3.31. The van der Waals surface area contributed by atoms with Crippen LogP contribution in [0.5, 0.6) is 5.75 Å². The molecule has 3 nitrogen and oxygen atoms in total. The smallest absolute Gasteiger partial charge is 0.167 e. The number of ether oxygens (including phenoxy) is 1. The lowest BCUT2D eigenvalue weighted by Crippen LogP contribution is -2.27. The van der Waals surface area contributed by atoms with Crippen LogP contribution in [-0.4, -0.2) is 19.2 Å². The van der Waals surface area contributed by atoms with E-state index in [4.69, 9.17) is 10.5 Å². The predicted octanol–water partition coefficient (Wildman–Crippen LogP) is 3.58. The van der Waals surface area contributed by atoms with Crippen molar-refractivity contribution in [1.82, 2.24) is 0 Å². The summed E-state index contributed by atoms with van der Waals surface area (Å²) in [6.07, 6.45) is 4.31. The summed E-state index contributed by atoms with van der Waals surface area (Å²) < 4.78 is 19.2. The fraction of sp³-hybridized carbons (Fsp3) is 0.600. The Hall–Kier alpha value is -1.45. The van der Waals surface area contributed by atoms with Gasteiger partial charge in [0.15, 0.2) is 11.6 Å². The first-order valence-electron chi connectivity index (χ1n) is 7.15. The molecular weight excluding hydrogens is 243 g/mol. The van der Waals surface area contributed by atoms with Gasteiger partial charge in [0, 0.05) is 24.7 Å². The molecule has 106 valence electrons. The fourth-order valence-corrected chi connectivity index (χ4v) is 2.26. The molecule has 1 aliphatic rings. The van der Waals surface area contributed by atoms with Gasteiger partial charge < -0.3 is 15.4 Å². The largest absolute Gasteiger partial charge is 0.490 e. The molecule has 0 spiro atoms. The van der Waals surface area contributed by atoms with E-state index in [-0.39, 0.29) is 5.82 Å². The Kier molecular flexibility index (Phi) is 4.51. The quantitative estimate of drug-likeness (QED) is 0.767. The summed E-state index contributed by atoms with van der Waals surface area (Å²) >= 11 is 0. The molecular formula is C15H23FN2O. The highest BCUT2D eigenvalue weighted by Crippen LogP contribution is 2.38. The van der Waals surface area contributed by atoms with Crippen molar-refractivity contribution < 1.29 is 9.13 Å². The molecule has 0 bridgehead atoms. The average Bonchev–Trinajstić information content (AvgIpc) is 3.20. The van der Waals surface area contributed by atoms with Gasteiger partial charge in [0.2, 0.25) is 0 Å². The minimum absolute atomic E-state index is 0.313. The van der Waals surface area contributed by atoms with Gasteiger partial charge in [-0.15, -0.1) is 0 Å². The number of benzene rings is 1.